The predicted molar refractivity (Wildman–Crippen MR) is 265 cm³/mol. The number of anilines is 6. The van der Waals surface area contributed by atoms with Gasteiger partial charge in [0, 0.05) is 53.5 Å². The summed E-state index contributed by atoms with van der Waals surface area (Å²) in [5.41, 5.74) is 20.2. The summed E-state index contributed by atoms with van der Waals surface area (Å²) in [6.07, 6.45) is 0. The van der Waals surface area contributed by atoms with Crippen LogP contribution in [0.25, 0.3) is 64.4 Å². The molecular formula is C59H40N2OS. The van der Waals surface area contributed by atoms with E-state index in [0.29, 0.717) is 0 Å². The van der Waals surface area contributed by atoms with Gasteiger partial charge in [0.25, 0.3) is 0 Å². The lowest BCUT2D eigenvalue weighted by Crippen LogP contribution is -2.32. The van der Waals surface area contributed by atoms with Crippen molar-refractivity contribution in [3.8, 4) is 22.3 Å². The van der Waals surface area contributed by atoms with Gasteiger partial charge in [-0.05, 0) is 130 Å². The summed E-state index contributed by atoms with van der Waals surface area (Å²) in [5, 5.41) is 4.85. The number of hydrogen-bond acceptors (Lipinski definition) is 4. The molecule has 0 bridgehead atoms. The second-order valence-electron chi connectivity index (χ2n) is 18.2. The Morgan fingerprint density at radius 3 is 2.03 bits per heavy atom. The highest BCUT2D eigenvalue weighted by molar-refractivity contribution is 7.25. The van der Waals surface area contributed by atoms with Crippen LogP contribution < -0.4 is 9.80 Å². The number of nitrogens with zero attached hydrogens (tertiary/aromatic N) is 2. The minimum Gasteiger partial charge on any atom is -0.456 e. The summed E-state index contributed by atoms with van der Waals surface area (Å²) >= 11 is 1.89. The van der Waals surface area contributed by atoms with E-state index in [2.05, 4.69) is 219 Å². The van der Waals surface area contributed by atoms with Crippen molar-refractivity contribution in [3.63, 3.8) is 0 Å². The molecule has 0 spiro atoms. The first-order valence-corrected chi connectivity index (χ1v) is 22.7. The lowest BCUT2D eigenvalue weighted by molar-refractivity contribution is 0.660. The van der Waals surface area contributed by atoms with Crippen LogP contribution >= 0.6 is 11.3 Å². The standard InChI is InChI=1S/C59H40N2OS/c1-58(2)45-22-8-4-18-39(45)43-32-37(29-30-46(43)58)60(49-24-14-27-53-56(49)42-20-6-10-26-52(42)62-53)35-15-12-16-36(31-35)61-50-25-13-21-41-38-17-5-9-23-47(38)59(3,57(41)50)48-33-44-40-19-7-11-28-54(40)63-55(44)34-51(48)61/h4-34H,1-3H3. The average molecular weight is 825 g/mol. The predicted octanol–water partition coefficient (Wildman–Crippen LogP) is 16.8. The zero-order chi connectivity index (χ0) is 41.8. The molecule has 1 aliphatic heterocycles. The lowest BCUT2D eigenvalue weighted by atomic mass is 9.70. The molecule has 0 amide bonds. The Bertz CT molecular complexity index is 3780. The summed E-state index contributed by atoms with van der Waals surface area (Å²) in [5.74, 6) is 0. The lowest BCUT2D eigenvalue weighted by Gasteiger charge is -2.42. The molecule has 1 unspecified atom stereocenters. The minimum atomic E-state index is -0.332. The van der Waals surface area contributed by atoms with Crippen LogP contribution in [-0.2, 0) is 10.8 Å². The van der Waals surface area contributed by atoms with Gasteiger partial charge in [0.05, 0.1) is 22.4 Å². The maximum atomic E-state index is 6.55. The van der Waals surface area contributed by atoms with Crippen LogP contribution in [0.2, 0.25) is 0 Å². The number of hydrogen-bond donors (Lipinski definition) is 0. The summed E-state index contributed by atoms with van der Waals surface area (Å²) in [6.45, 7) is 7.16. The Balaban J connectivity index is 1.04. The Hall–Kier alpha value is -7.40. The fourth-order valence-corrected chi connectivity index (χ4v) is 12.9. The molecule has 3 nitrogen and oxygen atoms in total. The van der Waals surface area contributed by atoms with Crippen molar-refractivity contribution >= 4 is 87.6 Å². The molecule has 2 aromatic heterocycles. The molecule has 11 aromatic rings. The third-order valence-corrected chi connectivity index (χ3v) is 15.7. The third kappa shape index (κ3) is 4.58. The molecule has 2 aliphatic carbocycles. The number of benzene rings is 9. The number of para-hydroxylation sites is 1. The molecule has 0 fully saturated rings. The number of thiophene rings is 1. The van der Waals surface area contributed by atoms with Crippen molar-refractivity contribution in [3.05, 3.63) is 216 Å². The number of rotatable bonds is 4. The molecule has 298 valence electrons. The third-order valence-electron chi connectivity index (χ3n) is 14.6. The van der Waals surface area contributed by atoms with Crippen LogP contribution in [0.1, 0.15) is 48.6 Å². The highest BCUT2D eigenvalue weighted by atomic mass is 32.1. The van der Waals surface area contributed by atoms with Crippen LogP contribution in [0.5, 0.6) is 0 Å². The van der Waals surface area contributed by atoms with E-state index in [1.54, 1.807) is 0 Å². The second kappa shape index (κ2) is 12.4. The van der Waals surface area contributed by atoms with Gasteiger partial charge in [-0.1, -0.05) is 129 Å². The smallest absolute Gasteiger partial charge is 0.137 e. The van der Waals surface area contributed by atoms with Crippen molar-refractivity contribution < 1.29 is 4.42 Å². The van der Waals surface area contributed by atoms with Gasteiger partial charge in [0.1, 0.15) is 11.2 Å². The summed E-state index contributed by atoms with van der Waals surface area (Å²) in [6, 6.07) is 69.9. The van der Waals surface area contributed by atoms with Crippen molar-refractivity contribution in [2.45, 2.75) is 31.6 Å². The molecule has 0 N–H and O–H groups in total. The van der Waals surface area contributed by atoms with Crippen molar-refractivity contribution in [1.82, 2.24) is 0 Å². The molecule has 0 saturated heterocycles. The molecule has 0 saturated carbocycles. The second-order valence-corrected chi connectivity index (χ2v) is 19.3. The maximum absolute atomic E-state index is 6.55. The van der Waals surface area contributed by atoms with Gasteiger partial charge in [0.2, 0.25) is 0 Å². The first kappa shape index (κ1) is 35.2. The maximum Gasteiger partial charge on any atom is 0.137 e. The van der Waals surface area contributed by atoms with E-state index >= 15 is 0 Å². The van der Waals surface area contributed by atoms with Gasteiger partial charge in [0.15, 0.2) is 0 Å². The summed E-state index contributed by atoms with van der Waals surface area (Å²) in [7, 11) is 0. The minimum absolute atomic E-state index is 0.0957. The molecule has 9 aromatic carbocycles. The quantitative estimate of drug-likeness (QED) is 0.176. The Morgan fingerprint density at radius 2 is 1.14 bits per heavy atom. The van der Waals surface area contributed by atoms with E-state index in [-0.39, 0.29) is 10.8 Å². The molecular weight excluding hydrogens is 785 g/mol. The van der Waals surface area contributed by atoms with Crippen LogP contribution in [-0.4, -0.2) is 0 Å². The Kier molecular flexibility index (Phi) is 6.92. The van der Waals surface area contributed by atoms with Crippen LogP contribution in [0, 0.1) is 0 Å². The van der Waals surface area contributed by atoms with Gasteiger partial charge in [-0.25, -0.2) is 0 Å². The van der Waals surface area contributed by atoms with Crippen molar-refractivity contribution in [2.75, 3.05) is 9.80 Å². The topological polar surface area (TPSA) is 19.6 Å². The fraction of sp³-hybridized carbons (Fsp3) is 0.0847. The zero-order valence-electron chi connectivity index (χ0n) is 35.1. The number of furan rings is 1. The Morgan fingerprint density at radius 1 is 0.460 bits per heavy atom. The molecule has 63 heavy (non-hydrogen) atoms. The highest BCUT2D eigenvalue weighted by Crippen LogP contribution is 2.63. The monoisotopic (exact) mass is 824 g/mol. The molecule has 4 heteroatoms. The van der Waals surface area contributed by atoms with Crippen LogP contribution in [0.4, 0.5) is 34.1 Å². The van der Waals surface area contributed by atoms with E-state index in [1.165, 1.54) is 81.6 Å². The molecule has 1 atom stereocenters. The van der Waals surface area contributed by atoms with E-state index in [1.807, 2.05) is 11.3 Å². The van der Waals surface area contributed by atoms with Crippen molar-refractivity contribution in [1.29, 1.82) is 0 Å². The van der Waals surface area contributed by atoms with E-state index in [4.69, 9.17) is 4.42 Å². The number of fused-ring (bicyclic) bond motifs is 14. The zero-order valence-corrected chi connectivity index (χ0v) is 35.9. The Labute approximate surface area is 369 Å². The van der Waals surface area contributed by atoms with Gasteiger partial charge < -0.3 is 14.2 Å². The summed E-state index contributed by atoms with van der Waals surface area (Å²) < 4.78 is 9.16. The largest absolute Gasteiger partial charge is 0.456 e. The van der Waals surface area contributed by atoms with Gasteiger partial charge in [-0.3, -0.25) is 0 Å². The molecule has 14 rings (SSSR count). The fourth-order valence-electron chi connectivity index (χ4n) is 11.8. The van der Waals surface area contributed by atoms with E-state index in [0.717, 1.165) is 44.7 Å². The first-order chi connectivity index (χ1) is 30.9. The first-order valence-electron chi connectivity index (χ1n) is 21.9. The van der Waals surface area contributed by atoms with Gasteiger partial charge in [-0.2, -0.15) is 0 Å². The molecule has 3 heterocycles. The SMILES string of the molecule is CC1(C)c2ccccc2-c2cc(N(c3cccc(N4c5cc6sc7ccccc7c6cc5C5(C)c6ccccc6-c6cccc4c65)c3)c3cccc4oc5ccccc5c34)ccc21. The van der Waals surface area contributed by atoms with E-state index in [9.17, 15) is 0 Å². The van der Waals surface area contributed by atoms with Gasteiger partial charge >= 0.3 is 0 Å². The van der Waals surface area contributed by atoms with Crippen LogP contribution in [0.15, 0.2) is 192 Å². The highest BCUT2D eigenvalue weighted by Gasteiger charge is 2.48. The van der Waals surface area contributed by atoms with Gasteiger partial charge in [-0.15, -0.1) is 11.3 Å². The summed E-state index contributed by atoms with van der Waals surface area (Å²) in [4.78, 5) is 5.00. The van der Waals surface area contributed by atoms with Crippen molar-refractivity contribution in [2.24, 2.45) is 0 Å². The van der Waals surface area contributed by atoms with E-state index < -0.39 is 0 Å². The normalized spacial score (nSPS) is 16.3. The molecule has 3 aliphatic rings. The average Bonchev–Trinajstić information content (AvgIpc) is 4.03. The molecule has 0 radical (unpaired) electrons. The van der Waals surface area contributed by atoms with Crippen LogP contribution in [0.3, 0.4) is 0 Å².